The summed E-state index contributed by atoms with van der Waals surface area (Å²) < 4.78 is 84.6. The monoisotopic (exact) mass is 386 g/mol. The van der Waals surface area contributed by atoms with Crippen molar-refractivity contribution in [2.75, 3.05) is 5.32 Å². The van der Waals surface area contributed by atoms with Crippen molar-refractivity contribution in [1.82, 2.24) is 0 Å². The van der Waals surface area contributed by atoms with Gasteiger partial charge < -0.3 is 5.32 Å². The molecule has 0 saturated heterocycles. The van der Waals surface area contributed by atoms with E-state index in [0.29, 0.717) is 12.5 Å². The van der Waals surface area contributed by atoms with E-state index in [0.717, 1.165) is 12.1 Å². The van der Waals surface area contributed by atoms with Gasteiger partial charge in [-0.05, 0) is 24.6 Å². The van der Waals surface area contributed by atoms with Gasteiger partial charge in [0.15, 0.2) is 0 Å². The smallest absolute Gasteiger partial charge is 0.381 e. The van der Waals surface area contributed by atoms with Gasteiger partial charge in [0.05, 0.1) is 10.6 Å². The summed E-state index contributed by atoms with van der Waals surface area (Å²) in [5.41, 5.74) is -6.05. The zero-order chi connectivity index (χ0) is 18.3. The van der Waals surface area contributed by atoms with Gasteiger partial charge in [0, 0.05) is 18.9 Å². The van der Waals surface area contributed by atoms with E-state index in [9.17, 15) is 34.8 Å². The predicted molar refractivity (Wildman–Crippen MR) is 77.3 cm³/mol. The number of carbonyl (C=O) groups is 1. The third-order valence-electron chi connectivity index (χ3n) is 3.48. The number of hydrogen-bond donors (Lipinski definition) is 2. The molecule has 0 spiro atoms. The van der Waals surface area contributed by atoms with Crippen molar-refractivity contribution in [3.63, 3.8) is 0 Å². The molecule has 1 atom stereocenters. The highest BCUT2D eigenvalue weighted by Crippen LogP contribution is 2.36. The molecule has 1 fully saturated rings. The van der Waals surface area contributed by atoms with Gasteiger partial charge in [0.1, 0.15) is 10.7 Å². The predicted octanol–water partition coefficient (Wildman–Crippen LogP) is 1.16. The first kappa shape index (κ1) is 18.7. The minimum absolute atomic E-state index is 0.0441. The van der Waals surface area contributed by atoms with Crippen molar-refractivity contribution in [1.29, 1.82) is 0 Å². The van der Waals surface area contributed by atoms with Crippen molar-refractivity contribution in [3.8, 4) is 0 Å². The molecule has 7 nitrogen and oxygen atoms in total. The number of carbonyl (C=O) groups excluding carboxylic acids is 1. The van der Waals surface area contributed by atoms with E-state index in [1.54, 1.807) is 0 Å². The number of benzene rings is 1. The number of hydrogen-bond acceptors (Lipinski definition) is 6. The Kier molecular flexibility index (Phi) is 4.67. The number of ketones is 1. The summed E-state index contributed by atoms with van der Waals surface area (Å²) in [6.07, 6.45) is 0.609. The van der Waals surface area contributed by atoms with Crippen LogP contribution < -0.4 is 10.5 Å². The second-order valence-corrected chi connectivity index (χ2v) is 8.75. The summed E-state index contributed by atoms with van der Waals surface area (Å²) in [5, 5.41) is 7.40. The third kappa shape index (κ3) is 3.70. The van der Waals surface area contributed by atoms with Crippen LogP contribution in [0.25, 0.3) is 0 Å². The molecule has 0 aromatic heterocycles. The van der Waals surface area contributed by atoms with Crippen molar-refractivity contribution in [3.05, 3.63) is 18.2 Å². The first-order valence-corrected chi connectivity index (χ1v) is 9.62. The van der Waals surface area contributed by atoms with Gasteiger partial charge in [0.25, 0.3) is 9.84 Å². The summed E-state index contributed by atoms with van der Waals surface area (Å²) in [6, 6.07) is 1.61. The maximum atomic E-state index is 12.9. The summed E-state index contributed by atoms with van der Waals surface area (Å²) >= 11 is 0. The molecule has 24 heavy (non-hydrogen) atoms. The Morgan fingerprint density at radius 3 is 2.25 bits per heavy atom. The fraction of sp³-hybridized carbons (Fsp3) is 0.417. The van der Waals surface area contributed by atoms with Gasteiger partial charge in [0.2, 0.25) is 10.0 Å². The van der Waals surface area contributed by atoms with E-state index < -0.39 is 46.9 Å². The summed E-state index contributed by atoms with van der Waals surface area (Å²) in [4.78, 5) is 9.22. The molecule has 3 N–H and O–H groups in total. The highest BCUT2D eigenvalue weighted by Gasteiger charge is 2.48. The van der Waals surface area contributed by atoms with Crippen LogP contribution in [0.2, 0.25) is 0 Å². The molecule has 1 saturated carbocycles. The normalized spacial score (nSPS) is 19.5. The number of sulfone groups is 1. The lowest BCUT2D eigenvalue weighted by Crippen LogP contribution is -2.26. The topological polar surface area (TPSA) is 123 Å². The molecule has 1 aliphatic carbocycles. The molecule has 0 aliphatic heterocycles. The number of anilines is 1. The Labute approximate surface area is 136 Å². The lowest BCUT2D eigenvalue weighted by atomic mass is 10.2. The van der Waals surface area contributed by atoms with E-state index in [2.05, 4.69) is 5.32 Å². The number of primary sulfonamides is 1. The molecular formula is C12H13F3N2O5S2. The Morgan fingerprint density at radius 2 is 1.79 bits per heavy atom. The SMILES string of the molecule is NS(=O)(=O)c1ccc(NC2CCC(=O)C2)c(S(=O)(=O)C(F)(F)F)c1. The van der Waals surface area contributed by atoms with E-state index in [1.165, 1.54) is 0 Å². The van der Waals surface area contributed by atoms with Crippen molar-refractivity contribution in [2.24, 2.45) is 5.14 Å². The quantitative estimate of drug-likeness (QED) is 0.800. The minimum atomic E-state index is -5.81. The maximum absolute atomic E-state index is 12.9. The van der Waals surface area contributed by atoms with Crippen LogP contribution in [0, 0.1) is 0 Å². The average Bonchev–Trinajstić information content (AvgIpc) is 2.82. The Balaban J connectivity index is 2.56. The lowest BCUT2D eigenvalue weighted by molar-refractivity contribution is -0.117. The summed E-state index contributed by atoms with van der Waals surface area (Å²) in [6.45, 7) is 0. The standard InChI is InChI=1S/C12H13F3N2O5S2/c13-12(14,15)23(19,20)11-6-9(24(16,21)22)3-4-10(11)17-7-1-2-8(18)5-7/h3-4,6-7,17H,1-2,5H2,(H2,16,21,22). The molecular weight excluding hydrogens is 373 g/mol. The second-order valence-electron chi connectivity index (χ2n) is 5.27. The molecule has 0 heterocycles. The lowest BCUT2D eigenvalue weighted by Gasteiger charge is -2.18. The molecule has 1 aliphatic rings. The van der Waals surface area contributed by atoms with Crippen LogP contribution in [0.3, 0.4) is 0 Å². The molecule has 1 unspecified atom stereocenters. The van der Waals surface area contributed by atoms with Crippen molar-refractivity contribution < 1.29 is 34.8 Å². The van der Waals surface area contributed by atoms with E-state index in [1.807, 2.05) is 0 Å². The molecule has 1 aromatic rings. The van der Waals surface area contributed by atoms with Gasteiger partial charge >= 0.3 is 5.51 Å². The second kappa shape index (κ2) is 6.01. The van der Waals surface area contributed by atoms with Crippen molar-refractivity contribution >= 4 is 31.3 Å². The zero-order valence-corrected chi connectivity index (χ0v) is 13.6. The van der Waals surface area contributed by atoms with Crippen LogP contribution in [0.4, 0.5) is 18.9 Å². The molecule has 12 heteroatoms. The zero-order valence-electron chi connectivity index (χ0n) is 12.0. The maximum Gasteiger partial charge on any atom is 0.501 e. The third-order valence-corrected chi connectivity index (χ3v) is 5.92. The van der Waals surface area contributed by atoms with Gasteiger partial charge in [-0.25, -0.2) is 22.0 Å². The Hall–Kier alpha value is -1.66. The Morgan fingerprint density at radius 1 is 1.17 bits per heavy atom. The van der Waals surface area contributed by atoms with E-state index >= 15 is 0 Å². The number of nitrogens with two attached hydrogens (primary N) is 1. The van der Waals surface area contributed by atoms with Crippen LogP contribution in [0.5, 0.6) is 0 Å². The summed E-state index contributed by atoms with van der Waals surface area (Å²) in [5.74, 6) is -0.103. The first-order valence-electron chi connectivity index (χ1n) is 6.59. The first-order chi connectivity index (χ1) is 10.8. The van der Waals surface area contributed by atoms with Crippen LogP contribution >= 0.6 is 0 Å². The molecule has 0 amide bonds. The molecule has 2 rings (SSSR count). The minimum Gasteiger partial charge on any atom is -0.381 e. The largest absolute Gasteiger partial charge is 0.501 e. The number of Topliss-reactive ketones (excluding diaryl/α,β-unsaturated/α-hetero) is 1. The number of alkyl halides is 3. The van der Waals surface area contributed by atoms with Gasteiger partial charge in [-0.2, -0.15) is 13.2 Å². The van der Waals surface area contributed by atoms with Crippen LogP contribution in [-0.2, 0) is 24.7 Å². The molecule has 0 radical (unpaired) electrons. The number of sulfonamides is 1. The van der Waals surface area contributed by atoms with Gasteiger partial charge in [-0.1, -0.05) is 0 Å². The van der Waals surface area contributed by atoms with Crippen LogP contribution in [0.1, 0.15) is 19.3 Å². The van der Waals surface area contributed by atoms with E-state index in [-0.39, 0.29) is 18.6 Å². The highest BCUT2D eigenvalue weighted by atomic mass is 32.2. The average molecular weight is 386 g/mol. The number of nitrogens with one attached hydrogen (secondary N) is 1. The van der Waals surface area contributed by atoms with Crippen LogP contribution in [-0.4, -0.2) is 34.2 Å². The van der Waals surface area contributed by atoms with Gasteiger partial charge in [-0.15, -0.1) is 0 Å². The van der Waals surface area contributed by atoms with E-state index in [4.69, 9.17) is 5.14 Å². The Bertz CT molecular complexity index is 878. The summed E-state index contributed by atoms with van der Waals surface area (Å²) in [7, 11) is -10.2. The fourth-order valence-electron chi connectivity index (χ4n) is 2.30. The van der Waals surface area contributed by atoms with Crippen molar-refractivity contribution in [2.45, 2.75) is 40.6 Å². The molecule has 134 valence electrons. The fourth-order valence-corrected chi connectivity index (χ4v) is 3.87. The number of rotatable bonds is 4. The highest BCUT2D eigenvalue weighted by molar-refractivity contribution is 7.92. The van der Waals surface area contributed by atoms with Crippen LogP contribution in [0.15, 0.2) is 28.0 Å². The van der Waals surface area contributed by atoms with Gasteiger partial charge in [-0.3, -0.25) is 4.79 Å². The number of halogens is 3. The molecule has 1 aromatic carbocycles. The molecule has 0 bridgehead atoms.